The second-order valence-corrected chi connectivity index (χ2v) is 3.05. The van der Waals surface area contributed by atoms with Crippen molar-refractivity contribution in [3.8, 4) is 0 Å². The molecule has 0 radical (unpaired) electrons. The fourth-order valence-electron chi connectivity index (χ4n) is 1.03. The molecule has 0 atom stereocenters. The lowest BCUT2D eigenvalue weighted by molar-refractivity contribution is -0.125. The van der Waals surface area contributed by atoms with Crippen molar-refractivity contribution in [2.45, 2.75) is 39.5 Å². The zero-order valence-corrected chi connectivity index (χ0v) is 8.77. The van der Waals surface area contributed by atoms with Gasteiger partial charge in [-0.05, 0) is 13.3 Å². The third-order valence-corrected chi connectivity index (χ3v) is 1.79. The minimum absolute atomic E-state index is 0.00153. The number of hydrogen-bond donors (Lipinski definition) is 1. The average molecular weight is 187 g/mol. The summed E-state index contributed by atoms with van der Waals surface area (Å²) < 4.78 is 4.96. The Balaban J connectivity index is 3.08. The lowest BCUT2D eigenvalue weighted by Crippen LogP contribution is -2.28. The largest absolute Gasteiger partial charge is 0.372 e. The molecule has 0 rings (SSSR count). The molecular weight excluding hydrogens is 166 g/mol. The van der Waals surface area contributed by atoms with Gasteiger partial charge in [0.25, 0.3) is 0 Å². The van der Waals surface area contributed by atoms with Crippen molar-refractivity contribution in [3.63, 3.8) is 0 Å². The van der Waals surface area contributed by atoms with Crippen LogP contribution in [0.4, 0.5) is 0 Å². The van der Waals surface area contributed by atoms with Crippen LogP contribution >= 0.6 is 0 Å². The molecule has 3 heteroatoms. The molecule has 13 heavy (non-hydrogen) atoms. The van der Waals surface area contributed by atoms with Crippen LogP contribution in [0.5, 0.6) is 0 Å². The topological polar surface area (TPSA) is 38.3 Å². The Morgan fingerprint density at radius 1 is 1.23 bits per heavy atom. The average Bonchev–Trinajstić information content (AvgIpc) is 2.14. The highest BCUT2D eigenvalue weighted by atomic mass is 16.5. The summed E-state index contributed by atoms with van der Waals surface area (Å²) in [7, 11) is 0. The van der Waals surface area contributed by atoms with E-state index in [-0.39, 0.29) is 12.5 Å². The maximum Gasteiger partial charge on any atom is 0.245 e. The van der Waals surface area contributed by atoms with Crippen molar-refractivity contribution in [2.24, 2.45) is 0 Å². The molecule has 0 aromatic rings. The Bertz CT molecular complexity index is 126. The summed E-state index contributed by atoms with van der Waals surface area (Å²) in [4.78, 5) is 11.0. The van der Waals surface area contributed by atoms with Gasteiger partial charge < -0.3 is 10.1 Å². The Hall–Kier alpha value is -0.570. The lowest BCUT2D eigenvalue weighted by atomic mass is 10.2. The Labute approximate surface area is 80.8 Å². The highest BCUT2D eigenvalue weighted by Crippen LogP contribution is 1.96. The first-order chi connectivity index (χ1) is 6.31. The zero-order chi connectivity index (χ0) is 9.94. The molecule has 0 aromatic carbocycles. The monoisotopic (exact) mass is 187 g/mol. The molecule has 0 saturated heterocycles. The first-order valence-electron chi connectivity index (χ1n) is 5.15. The molecule has 1 amide bonds. The molecular formula is C10H21NO2. The van der Waals surface area contributed by atoms with E-state index < -0.39 is 0 Å². The van der Waals surface area contributed by atoms with Gasteiger partial charge in [0, 0.05) is 13.2 Å². The summed E-state index contributed by atoms with van der Waals surface area (Å²) in [5.74, 6) is -0.00153. The van der Waals surface area contributed by atoms with Gasteiger partial charge in [0.05, 0.1) is 0 Å². The van der Waals surface area contributed by atoms with Gasteiger partial charge in [-0.3, -0.25) is 4.79 Å². The van der Waals surface area contributed by atoms with Crippen LogP contribution in [0.1, 0.15) is 39.5 Å². The number of ether oxygens (including phenoxy) is 1. The molecule has 0 fully saturated rings. The van der Waals surface area contributed by atoms with E-state index in [9.17, 15) is 4.79 Å². The van der Waals surface area contributed by atoms with Gasteiger partial charge in [0.2, 0.25) is 5.91 Å². The van der Waals surface area contributed by atoms with Gasteiger partial charge in [-0.25, -0.2) is 0 Å². The van der Waals surface area contributed by atoms with Gasteiger partial charge in [-0.2, -0.15) is 0 Å². The summed E-state index contributed by atoms with van der Waals surface area (Å²) in [6, 6.07) is 0. The molecule has 0 aromatic heterocycles. The van der Waals surface area contributed by atoms with Crippen LogP contribution < -0.4 is 5.32 Å². The van der Waals surface area contributed by atoms with Crippen molar-refractivity contribution >= 4 is 5.91 Å². The summed E-state index contributed by atoms with van der Waals surface area (Å²) in [5, 5.41) is 2.81. The Morgan fingerprint density at radius 3 is 2.62 bits per heavy atom. The Morgan fingerprint density at radius 2 is 2.00 bits per heavy atom. The normalized spacial score (nSPS) is 10.0. The smallest absolute Gasteiger partial charge is 0.245 e. The van der Waals surface area contributed by atoms with Crippen molar-refractivity contribution < 1.29 is 9.53 Å². The highest BCUT2D eigenvalue weighted by molar-refractivity contribution is 5.77. The molecule has 1 N–H and O–H groups in total. The number of carbonyl (C=O) groups excluding carboxylic acids is 1. The maximum absolute atomic E-state index is 11.0. The van der Waals surface area contributed by atoms with Gasteiger partial charge in [0.15, 0.2) is 0 Å². The van der Waals surface area contributed by atoms with Gasteiger partial charge in [-0.1, -0.05) is 26.2 Å². The zero-order valence-electron chi connectivity index (χ0n) is 8.77. The molecule has 0 saturated carbocycles. The van der Waals surface area contributed by atoms with Gasteiger partial charge >= 0.3 is 0 Å². The van der Waals surface area contributed by atoms with Crippen LogP contribution in [-0.4, -0.2) is 25.7 Å². The van der Waals surface area contributed by atoms with E-state index in [1.165, 1.54) is 19.3 Å². The minimum atomic E-state index is -0.00153. The minimum Gasteiger partial charge on any atom is -0.372 e. The van der Waals surface area contributed by atoms with E-state index in [4.69, 9.17) is 4.74 Å². The molecule has 0 aliphatic carbocycles. The van der Waals surface area contributed by atoms with Crippen LogP contribution in [0, 0.1) is 0 Å². The predicted molar refractivity (Wildman–Crippen MR) is 53.6 cm³/mol. The number of unbranched alkanes of at least 4 members (excludes halogenated alkanes) is 3. The maximum atomic E-state index is 11.0. The molecule has 0 heterocycles. The van der Waals surface area contributed by atoms with Crippen molar-refractivity contribution in [3.05, 3.63) is 0 Å². The fourth-order valence-corrected chi connectivity index (χ4v) is 1.03. The van der Waals surface area contributed by atoms with E-state index in [1.807, 2.05) is 6.92 Å². The molecule has 0 aliphatic heterocycles. The second kappa shape index (κ2) is 9.52. The predicted octanol–water partition coefficient (Wildman–Crippen LogP) is 1.72. The fraction of sp³-hybridized carbons (Fsp3) is 0.900. The SMILES string of the molecule is CCCCCCNC(=O)COCC. The van der Waals surface area contributed by atoms with Gasteiger partial charge in [-0.15, -0.1) is 0 Å². The van der Waals surface area contributed by atoms with Crippen LogP contribution in [0.2, 0.25) is 0 Å². The summed E-state index contributed by atoms with van der Waals surface area (Å²) in [5.41, 5.74) is 0. The molecule has 0 unspecified atom stereocenters. The van der Waals surface area contributed by atoms with E-state index in [0.717, 1.165) is 13.0 Å². The summed E-state index contributed by atoms with van der Waals surface area (Å²) >= 11 is 0. The highest BCUT2D eigenvalue weighted by Gasteiger charge is 1.98. The third-order valence-electron chi connectivity index (χ3n) is 1.79. The third kappa shape index (κ3) is 9.34. The number of nitrogens with one attached hydrogen (secondary N) is 1. The summed E-state index contributed by atoms with van der Waals surface area (Å²) in [6.45, 7) is 5.64. The first kappa shape index (κ1) is 12.4. The van der Waals surface area contributed by atoms with E-state index in [2.05, 4.69) is 12.2 Å². The first-order valence-corrected chi connectivity index (χ1v) is 5.15. The van der Waals surface area contributed by atoms with E-state index in [1.54, 1.807) is 0 Å². The molecule has 0 bridgehead atoms. The Kier molecular flexibility index (Phi) is 9.10. The van der Waals surface area contributed by atoms with Crippen molar-refractivity contribution in [2.75, 3.05) is 19.8 Å². The van der Waals surface area contributed by atoms with Crippen LogP contribution in [0.25, 0.3) is 0 Å². The van der Waals surface area contributed by atoms with E-state index >= 15 is 0 Å². The van der Waals surface area contributed by atoms with E-state index in [0.29, 0.717) is 6.61 Å². The summed E-state index contributed by atoms with van der Waals surface area (Å²) in [6.07, 6.45) is 4.76. The van der Waals surface area contributed by atoms with Crippen molar-refractivity contribution in [1.29, 1.82) is 0 Å². The van der Waals surface area contributed by atoms with Gasteiger partial charge in [0.1, 0.15) is 6.61 Å². The molecule has 78 valence electrons. The molecule has 3 nitrogen and oxygen atoms in total. The molecule has 0 spiro atoms. The van der Waals surface area contributed by atoms with Crippen molar-refractivity contribution in [1.82, 2.24) is 5.32 Å². The quantitative estimate of drug-likeness (QED) is 0.588. The standard InChI is InChI=1S/C10H21NO2/c1-3-5-6-7-8-11-10(12)9-13-4-2/h3-9H2,1-2H3,(H,11,12). The van der Waals surface area contributed by atoms with Crippen LogP contribution in [0.3, 0.4) is 0 Å². The second-order valence-electron chi connectivity index (χ2n) is 3.05. The number of amides is 1. The number of carbonyl (C=O) groups is 1. The number of rotatable bonds is 8. The van der Waals surface area contributed by atoms with Crippen LogP contribution in [-0.2, 0) is 9.53 Å². The van der Waals surface area contributed by atoms with Crippen LogP contribution in [0.15, 0.2) is 0 Å². The number of hydrogen-bond acceptors (Lipinski definition) is 2. The lowest BCUT2D eigenvalue weighted by Gasteiger charge is -2.04. The molecule has 0 aliphatic rings.